The van der Waals surface area contributed by atoms with E-state index in [1.54, 1.807) is 18.3 Å². The summed E-state index contributed by atoms with van der Waals surface area (Å²) in [6.07, 6.45) is 4.27. The number of aromatic nitrogens is 4. The zero-order chi connectivity index (χ0) is 19.6. The molecule has 0 saturated heterocycles. The summed E-state index contributed by atoms with van der Waals surface area (Å²) < 4.78 is 1.91. The van der Waals surface area contributed by atoms with Crippen LogP contribution in [-0.4, -0.2) is 32.5 Å². The number of nitrogens with two attached hydrogens (primary N) is 1. The predicted octanol–water partition coefficient (Wildman–Crippen LogP) is 2.58. The molecule has 0 aliphatic carbocycles. The highest BCUT2D eigenvalue weighted by molar-refractivity contribution is 5.92. The number of nitrogens with zero attached hydrogens (tertiary/aromatic N) is 3. The average molecular weight is 365 g/mol. The third-order valence-electron chi connectivity index (χ3n) is 4.19. The SMILES string of the molecule is Cc1nn(C(C)C)c2c(NCC(N)=CC=N)cc(-c3ccc[nH]c3=O)nc12. The molecule has 0 aromatic carbocycles. The van der Waals surface area contributed by atoms with E-state index < -0.39 is 0 Å². The molecule has 3 aromatic heterocycles. The lowest BCUT2D eigenvalue weighted by atomic mass is 10.1. The molecule has 0 fully saturated rings. The largest absolute Gasteiger partial charge is 0.401 e. The van der Waals surface area contributed by atoms with Crippen LogP contribution >= 0.6 is 0 Å². The zero-order valence-corrected chi connectivity index (χ0v) is 15.6. The molecule has 0 spiro atoms. The minimum Gasteiger partial charge on any atom is -0.401 e. The van der Waals surface area contributed by atoms with Crippen LogP contribution in [0.15, 0.2) is 41.0 Å². The number of nitrogens with one attached hydrogen (secondary N) is 3. The molecule has 8 nitrogen and oxygen atoms in total. The maximum atomic E-state index is 12.2. The van der Waals surface area contributed by atoms with E-state index in [-0.39, 0.29) is 11.6 Å². The molecule has 0 bridgehead atoms. The molecule has 3 rings (SSSR count). The Hall–Kier alpha value is -3.42. The van der Waals surface area contributed by atoms with Crippen LogP contribution in [0.2, 0.25) is 0 Å². The third kappa shape index (κ3) is 3.59. The maximum Gasteiger partial charge on any atom is 0.257 e. The van der Waals surface area contributed by atoms with E-state index in [9.17, 15) is 4.79 Å². The van der Waals surface area contributed by atoms with Crippen molar-refractivity contribution in [3.05, 3.63) is 52.2 Å². The van der Waals surface area contributed by atoms with Gasteiger partial charge < -0.3 is 21.4 Å². The Morgan fingerprint density at radius 2 is 2.26 bits per heavy atom. The highest BCUT2D eigenvalue weighted by atomic mass is 16.1. The summed E-state index contributed by atoms with van der Waals surface area (Å²) in [5, 5.41) is 15.1. The van der Waals surface area contributed by atoms with Gasteiger partial charge in [0, 0.05) is 24.2 Å². The number of H-pyrrole nitrogens is 1. The fraction of sp³-hybridized carbons (Fsp3) is 0.263. The van der Waals surface area contributed by atoms with Gasteiger partial charge in [0.15, 0.2) is 0 Å². The van der Waals surface area contributed by atoms with Crippen LogP contribution in [0.1, 0.15) is 25.6 Å². The molecule has 8 heteroatoms. The van der Waals surface area contributed by atoms with E-state index in [4.69, 9.17) is 16.1 Å². The normalized spacial score (nSPS) is 11.9. The van der Waals surface area contributed by atoms with E-state index in [2.05, 4.69) is 29.2 Å². The van der Waals surface area contributed by atoms with E-state index in [0.29, 0.717) is 23.5 Å². The Morgan fingerprint density at radius 1 is 1.48 bits per heavy atom. The number of rotatable bonds is 6. The Labute approximate surface area is 156 Å². The molecule has 27 heavy (non-hydrogen) atoms. The maximum absolute atomic E-state index is 12.2. The number of hydrogen-bond acceptors (Lipinski definition) is 6. The van der Waals surface area contributed by atoms with Gasteiger partial charge in [-0.05, 0) is 45.0 Å². The van der Waals surface area contributed by atoms with Gasteiger partial charge in [-0.15, -0.1) is 0 Å². The highest BCUT2D eigenvalue weighted by Crippen LogP contribution is 2.30. The molecule has 0 aliphatic heterocycles. The second-order valence-corrected chi connectivity index (χ2v) is 6.55. The fourth-order valence-electron chi connectivity index (χ4n) is 2.91. The first-order chi connectivity index (χ1) is 12.9. The van der Waals surface area contributed by atoms with Crippen molar-refractivity contribution in [1.82, 2.24) is 19.7 Å². The lowest BCUT2D eigenvalue weighted by molar-refractivity contribution is 0.547. The summed E-state index contributed by atoms with van der Waals surface area (Å²) in [4.78, 5) is 19.6. The molecule has 0 unspecified atom stereocenters. The van der Waals surface area contributed by atoms with Crippen molar-refractivity contribution in [2.24, 2.45) is 5.73 Å². The van der Waals surface area contributed by atoms with Crippen molar-refractivity contribution < 1.29 is 0 Å². The number of pyridine rings is 2. The van der Waals surface area contributed by atoms with Gasteiger partial charge in [0.2, 0.25) is 0 Å². The van der Waals surface area contributed by atoms with Crippen LogP contribution in [0.5, 0.6) is 0 Å². The van der Waals surface area contributed by atoms with E-state index in [0.717, 1.165) is 28.6 Å². The summed E-state index contributed by atoms with van der Waals surface area (Å²) in [6.45, 7) is 6.37. The van der Waals surface area contributed by atoms with Crippen LogP contribution in [0.4, 0.5) is 5.69 Å². The van der Waals surface area contributed by atoms with Gasteiger partial charge in [-0.25, -0.2) is 4.98 Å². The van der Waals surface area contributed by atoms with Crippen molar-refractivity contribution in [3.63, 3.8) is 0 Å². The number of hydrogen-bond donors (Lipinski definition) is 4. The molecule has 3 aromatic rings. The summed E-state index contributed by atoms with van der Waals surface area (Å²) in [6, 6.07) is 5.49. The Bertz CT molecular complexity index is 1080. The molecule has 0 saturated carbocycles. The zero-order valence-electron chi connectivity index (χ0n) is 15.6. The van der Waals surface area contributed by atoms with Crippen LogP contribution in [-0.2, 0) is 0 Å². The van der Waals surface area contributed by atoms with Gasteiger partial charge >= 0.3 is 0 Å². The van der Waals surface area contributed by atoms with E-state index in [1.807, 2.05) is 17.7 Å². The number of aromatic amines is 1. The summed E-state index contributed by atoms with van der Waals surface area (Å²) in [5.74, 6) is 0. The van der Waals surface area contributed by atoms with Crippen molar-refractivity contribution in [1.29, 1.82) is 5.41 Å². The molecule has 0 radical (unpaired) electrons. The fourth-order valence-corrected chi connectivity index (χ4v) is 2.91. The molecular weight excluding hydrogens is 342 g/mol. The van der Waals surface area contributed by atoms with Crippen molar-refractivity contribution in [2.75, 3.05) is 11.9 Å². The average Bonchev–Trinajstić information content (AvgIpc) is 2.98. The highest BCUT2D eigenvalue weighted by Gasteiger charge is 2.18. The van der Waals surface area contributed by atoms with E-state index in [1.165, 1.54) is 6.08 Å². The minimum atomic E-state index is -0.201. The van der Waals surface area contributed by atoms with Gasteiger partial charge in [-0.1, -0.05) is 0 Å². The van der Waals surface area contributed by atoms with Crippen molar-refractivity contribution >= 4 is 22.9 Å². The molecule has 3 heterocycles. The number of fused-ring (bicyclic) bond motifs is 1. The molecular formula is C19H23N7O. The number of allylic oxidation sites excluding steroid dienone is 1. The first kappa shape index (κ1) is 18.4. The Kier molecular flexibility index (Phi) is 5.07. The van der Waals surface area contributed by atoms with Crippen LogP contribution in [0.25, 0.3) is 22.3 Å². The van der Waals surface area contributed by atoms with Gasteiger partial charge in [0.05, 0.1) is 29.2 Å². The quantitative estimate of drug-likeness (QED) is 0.500. The smallest absolute Gasteiger partial charge is 0.257 e. The molecule has 5 N–H and O–H groups in total. The van der Waals surface area contributed by atoms with Gasteiger partial charge in [0.25, 0.3) is 5.56 Å². The van der Waals surface area contributed by atoms with Crippen LogP contribution in [0, 0.1) is 12.3 Å². The number of aryl methyl sites for hydroxylation is 1. The molecule has 0 aliphatic rings. The molecule has 0 amide bonds. The lowest BCUT2D eigenvalue weighted by Crippen LogP contribution is -2.14. The summed E-state index contributed by atoms with van der Waals surface area (Å²) in [5.41, 5.74) is 10.5. The lowest BCUT2D eigenvalue weighted by Gasteiger charge is -2.14. The monoisotopic (exact) mass is 365 g/mol. The Balaban J connectivity index is 2.22. The standard InChI is InChI=1S/C19H23N7O/c1-11(2)26-18-16(23-10-13(21)6-7-20)9-15(24-17(18)12(3)25-26)14-5-4-8-22-19(14)27/h4-9,11,20H,10,21H2,1-3H3,(H,22,27)(H,23,24). The van der Waals surface area contributed by atoms with Gasteiger partial charge in [-0.2, -0.15) is 5.10 Å². The second kappa shape index (κ2) is 7.45. The minimum absolute atomic E-state index is 0.143. The first-order valence-electron chi connectivity index (χ1n) is 8.69. The van der Waals surface area contributed by atoms with E-state index >= 15 is 0 Å². The molecule has 140 valence electrons. The third-order valence-corrected chi connectivity index (χ3v) is 4.19. The van der Waals surface area contributed by atoms with Crippen LogP contribution in [0.3, 0.4) is 0 Å². The predicted molar refractivity (Wildman–Crippen MR) is 108 cm³/mol. The van der Waals surface area contributed by atoms with Crippen molar-refractivity contribution in [2.45, 2.75) is 26.8 Å². The van der Waals surface area contributed by atoms with Gasteiger partial charge in [-0.3, -0.25) is 9.48 Å². The topological polar surface area (TPSA) is 125 Å². The van der Waals surface area contributed by atoms with Crippen LogP contribution < -0.4 is 16.6 Å². The second-order valence-electron chi connectivity index (χ2n) is 6.55. The summed E-state index contributed by atoms with van der Waals surface area (Å²) in [7, 11) is 0. The Morgan fingerprint density at radius 3 is 2.93 bits per heavy atom. The first-order valence-corrected chi connectivity index (χ1v) is 8.69. The van der Waals surface area contributed by atoms with Crippen molar-refractivity contribution in [3.8, 4) is 11.3 Å². The summed E-state index contributed by atoms with van der Waals surface area (Å²) >= 11 is 0. The number of anilines is 1. The molecule has 0 atom stereocenters. The van der Waals surface area contributed by atoms with Gasteiger partial charge in [0.1, 0.15) is 11.0 Å².